The second-order valence-electron chi connectivity index (χ2n) is 4.56. The maximum atomic E-state index is 13.7. The molecule has 2 nitrogen and oxygen atoms in total. The summed E-state index contributed by atoms with van der Waals surface area (Å²) in [5, 5.41) is 0.217. The van der Waals surface area contributed by atoms with Crippen LogP contribution in [0.4, 0.5) is 4.39 Å². The van der Waals surface area contributed by atoms with Crippen molar-refractivity contribution in [1.29, 1.82) is 0 Å². The molecule has 0 saturated carbocycles. The van der Waals surface area contributed by atoms with Crippen LogP contribution in [0.25, 0.3) is 0 Å². The van der Waals surface area contributed by atoms with Gasteiger partial charge in [0.25, 0.3) is 0 Å². The average Bonchev–Trinajstić information content (AvgIpc) is 2.68. The lowest BCUT2D eigenvalue weighted by Crippen LogP contribution is -2.20. The van der Waals surface area contributed by atoms with E-state index in [4.69, 9.17) is 17.3 Å². The van der Waals surface area contributed by atoms with Gasteiger partial charge in [0, 0.05) is 12.6 Å². The molecule has 1 aromatic carbocycles. The van der Waals surface area contributed by atoms with E-state index in [1.165, 1.54) is 0 Å². The molecule has 1 saturated heterocycles. The predicted molar refractivity (Wildman–Crippen MR) is 71.6 cm³/mol. The lowest BCUT2D eigenvalue weighted by atomic mass is 10.00. The number of nitrogens with zero attached hydrogens (tertiary/aromatic N) is 1. The average molecular weight is 322 g/mol. The lowest BCUT2D eigenvalue weighted by Gasteiger charge is -2.21. The summed E-state index contributed by atoms with van der Waals surface area (Å²) in [6.07, 6.45) is 0.938. The van der Waals surface area contributed by atoms with Gasteiger partial charge in [-0.1, -0.05) is 17.7 Å². The van der Waals surface area contributed by atoms with E-state index in [-0.39, 0.29) is 16.9 Å². The van der Waals surface area contributed by atoms with E-state index in [0.29, 0.717) is 16.9 Å². The van der Waals surface area contributed by atoms with E-state index in [0.717, 1.165) is 18.5 Å². The zero-order chi connectivity index (χ0) is 12.6. The van der Waals surface area contributed by atoms with Crippen LogP contribution in [0, 0.1) is 11.7 Å². The molecule has 1 aromatic rings. The van der Waals surface area contributed by atoms with Gasteiger partial charge >= 0.3 is 0 Å². The van der Waals surface area contributed by atoms with Gasteiger partial charge in [0.1, 0.15) is 0 Å². The Bertz CT molecular complexity index is 427. The van der Waals surface area contributed by atoms with Crippen LogP contribution >= 0.6 is 27.5 Å². The van der Waals surface area contributed by atoms with Crippen LogP contribution in [0.3, 0.4) is 0 Å². The van der Waals surface area contributed by atoms with E-state index < -0.39 is 0 Å². The Morgan fingerprint density at radius 2 is 2.29 bits per heavy atom. The molecule has 1 aliphatic heterocycles. The van der Waals surface area contributed by atoms with Gasteiger partial charge in [-0.15, -0.1) is 0 Å². The van der Waals surface area contributed by atoms with Crippen LogP contribution in [0.2, 0.25) is 5.02 Å². The topological polar surface area (TPSA) is 29.3 Å². The van der Waals surface area contributed by atoms with Crippen LogP contribution in [-0.4, -0.2) is 25.0 Å². The maximum absolute atomic E-state index is 13.7. The molecule has 17 heavy (non-hydrogen) atoms. The summed E-state index contributed by atoms with van der Waals surface area (Å²) >= 11 is 9.21. The van der Waals surface area contributed by atoms with Crippen molar-refractivity contribution in [2.45, 2.75) is 12.5 Å². The van der Waals surface area contributed by atoms with Crippen molar-refractivity contribution < 1.29 is 4.39 Å². The van der Waals surface area contributed by atoms with Gasteiger partial charge in [-0.05, 0) is 53.5 Å². The summed E-state index contributed by atoms with van der Waals surface area (Å²) in [5.41, 5.74) is 6.54. The number of likely N-dealkylation sites (tertiary alicyclic amines) is 1. The Morgan fingerprint density at radius 3 is 2.88 bits per heavy atom. The first kappa shape index (κ1) is 13.3. The van der Waals surface area contributed by atoms with Crippen molar-refractivity contribution in [3.8, 4) is 0 Å². The first-order chi connectivity index (χ1) is 8.04. The van der Waals surface area contributed by atoms with Crippen LogP contribution in [0.1, 0.15) is 18.0 Å². The van der Waals surface area contributed by atoms with Gasteiger partial charge in [0.15, 0.2) is 5.82 Å². The van der Waals surface area contributed by atoms with Crippen LogP contribution in [-0.2, 0) is 0 Å². The van der Waals surface area contributed by atoms with E-state index >= 15 is 0 Å². The van der Waals surface area contributed by atoms with E-state index in [9.17, 15) is 4.39 Å². The Labute approximate surface area is 114 Å². The zero-order valence-electron chi connectivity index (χ0n) is 9.59. The molecule has 1 aliphatic rings. The highest BCUT2D eigenvalue weighted by atomic mass is 79.9. The van der Waals surface area contributed by atoms with Gasteiger partial charge < -0.3 is 5.73 Å². The molecule has 2 unspecified atom stereocenters. The monoisotopic (exact) mass is 320 g/mol. The summed E-state index contributed by atoms with van der Waals surface area (Å²) in [6.45, 7) is 1.60. The number of hydrogen-bond donors (Lipinski definition) is 1. The van der Waals surface area contributed by atoms with Gasteiger partial charge in [0.05, 0.1) is 9.50 Å². The maximum Gasteiger partial charge on any atom is 0.156 e. The number of rotatable bonds is 2. The minimum atomic E-state index is -0.381. The molecule has 94 valence electrons. The predicted octanol–water partition coefficient (Wildman–Crippen LogP) is 3.19. The van der Waals surface area contributed by atoms with Crippen molar-refractivity contribution >= 4 is 27.5 Å². The Hall–Kier alpha value is -0.160. The quantitative estimate of drug-likeness (QED) is 0.848. The second kappa shape index (κ2) is 5.22. The molecule has 2 rings (SSSR count). The standard InChI is InChI=1S/C12H15BrClFN2/c1-17-6-7(5-16)4-10(17)8-2-3-9(13)12(15)11(8)14/h2-3,7,10H,4-6,16H2,1H3. The molecule has 0 bridgehead atoms. The second-order valence-corrected chi connectivity index (χ2v) is 5.79. The lowest BCUT2D eigenvalue weighted by molar-refractivity contribution is 0.313. The van der Waals surface area contributed by atoms with Crippen molar-refractivity contribution in [3.63, 3.8) is 0 Å². The number of benzene rings is 1. The molecule has 1 heterocycles. The van der Waals surface area contributed by atoms with Crippen LogP contribution in [0.15, 0.2) is 16.6 Å². The summed E-state index contributed by atoms with van der Waals surface area (Å²) < 4.78 is 14.1. The highest BCUT2D eigenvalue weighted by Crippen LogP contribution is 2.39. The minimum Gasteiger partial charge on any atom is -0.330 e. The third-order valence-corrected chi connectivity index (χ3v) is 4.39. The Morgan fingerprint density at radius 1 is 1.59 bits per heavy atom. The SMILES string of the molecule is CN1CC(CN)CC1c1ccc(Br)c(F)c1Cl. The van der Waals surface area contributed by atoms with Crippen molar-refractivity contribution in [2.75, 3.05) is 20.1 Å². The molecule has 0 spiro atoms. The Balaban J connectivity index is 2.32. The van der Waals surface area contributed by atoms with Gasteiger partial charge in [-0.2, -0.15) is 0 Å². The van der Waals surface area contributed by atoms with Crippen molar-refractivity contribution in [3.05, 3.63) is 33.0 Å². The van der Waals surface area contributed by atoms with Crippen LogP contribution in [0.5, 0.6) is 0 Å². The summed E-state index contributed by atoms with van der Waals surface area (Å²) in [7, 11) is 2.02. The highest BCUT2D eigenvalue weighted by molar-refractivity contribution is 9.10. The number of halogens is 3. The molecule has 2 atom stereocenters. The molecule has 0 aliphatic carbocycles. The molecule has 0 amide bonds. The molecule has 0 aromatic heterocycles. The fourth-order valence-electron chi connectivity index (χ4n) is 2.44. The number of hydrogen-bond acceptors (Lipinski definition) is 2. The first-order valence-corrected chi connectivity index (χ1v) is 6.75. The largest absolute Gasteiger partial charge is 0.330 e. The smallest absolute Gasteiger partial charge is 0.156 e. The summed E-state index contributed by atoms with van der Waals surface area (Å²) in [5.74, 6) is 0.0848. The summed E-state index contributed by atoms with van der Waals surface area (Å²) in [4.78, 5) is 2.19. The normalized spacial score (nSPS) is 25.5. The van der Waals surface area contributed by atoms with E-state index in [2.05, 4.69) is 20.8 Å². The summed E-state index contributed by atoms with van der Waals surface area (Å²) in [6, 6.07) is 3.76. The fraction of sp³-hybridized carbons (Fsp3) is 0.500. The highest BCUT2D eigenvalue weighted by Gasteiger charge is 2.31. The molecular formula is C12H15BrClFN2. The first-order valence-electron chi connectivity index (χ1n) is 5.58. The van der Waals surface area contributed by atoms with Gasteiger partial charge in [-0.25, -0.2) is 4.39 Å². The van der Waals surface area contributed by atoms with E-state index in [1.807, 2.05) is 13.1 Å². The van der Waals surface area contributed by atoms with Gasteiger partial charge in [-0.3, -0.25) is 4.90 Å². The van der Waals surface area contributed by atoms with Crippen LogP contribution < -0.4 is 5.73 Å². The third-order valence-electron chi connectivity index (χ3n) is 3.39. The Kier molecular flexibility index (Phi) is 4.08. The zero-order valence-corrected chi connectivity index (χ0v) is 11.9. The molecule has 0 radical (unpaired) electrons. The van der Waals surface area contributed by atoms with Crippen molar-refractivity contribution in [1.82, 2.24) is 4.90 Å². The third kappa shape index (κ3) is 2.50. The minimum absolute atomic E-state index is 0.165. The van der Waals surface area contributed by atoms with Crippen molar-refractivity contribution in [2.24, 2.45) is 11.7 Å². The molecule has 2 N–H and O–H groups in total. The molecular weight excluding hydrogens is 307 g/mol. The number of nitrogens with two attached hydrogens (primary N) is 1. The van der Waals surface area contributed by atoms with Gasteiger partial charge in [0.2, 0.25) is 0 Å². The molecule has 5 heteroatoms. The fourth-order valence-corrected chi connectivity index (χ4v) is 3.17. The van der Waals surface area contributed by atoms with E-state index in [1.54, 1.807) is 6.07 Å². The molecule has 1 fully saturated rings.